The number of hydrogen-bond donors (Lipinski definition) is 2. The van der Waals surface area contributed by atoms with Gasteiger partial charge in [-0.05, 0) is 44.7 Å². The van der Waals surface area contributed by atoms with Crippen LogP contribution in [0.4, 0.5) is 0 Å². The zero-order valence-corrected chi connectivity index (χ0v) is 12.1. The second-order valence-electron chi connectivity index (χ2n) is 5.46. The molecule has 1 amide bonds. The predicted octanol–water partition coefficient (Wildman–Crippen LogP) is 1.10. The molecule has 106 valence electrons. The Kier molecular flexibility index (Phi) is 4.58. The van der Waals surface area contributed by atoms with Crippen molar-refractivity contribution in [2.45, 2.75) is 39.2 Å². The van der Waals surface area contributed by atoms with Crippen LogP contribution in [-0.2, 0) is 13.5 Å². The average Bonchev–Trinajstić information content (AvgIpc) is 2.79. The van der Waals surface area contributed by atoms with Crippen molar-refractivity contribution in [1.29, 1.82) is 0 Å². The van der Waals surface area contributed by atoms with E-state index in [9.17, 15) is 4.79 Å². The highest BCUT2D eigenvalue weighted by atomic mass is 16.2. The highest BCUT2D eigenvalue weighted by Crippen LogP contribution is 2.13. The van der Waals surface area contributed by atoms with E-state index in [1.165, 1.54) is 12.8 Å². The van der Waals surface area contributed by atoms with Gasteiger partial charge in [0.25, 0.3) is 5.91 Å². The number of aromatic nitrogens is 2. The Labute approximate surface area is 114 Å². The molecule has 0 aromatic carbocycles. The average molecular weight is 264 g/mol. The minimum absolute atomic E-state index is 0.0201. The number of carbonyl (C=O) groups excluding carboxylic acids is 1. The largest absolute Gasteiger partial charge is 0.350 e. The molecule has 2 rings (SSSR count). The second kappa shape index (κ2) is 6.19. The molecule has 1 saturated heterocycles. The van der Waals surface area contributed by atoms with Crippen molar-refractivity contribution in [1.82, 2.24) is 20.4 Å². The summed E-state index contributed by atoms with van der Waals surface area (Å²) in [6.45, 7) is 5.98. The van der Waals surface area contributed by atoms with Crippen molar-refractivity contribution >= 4 is 5.91 Å². The summed E-state index contributed by atoms with van der Waals surface area (Å²) in [5.74, 6) is 0.521. The first-order valence-electron chi connectivity index (χ1n) is 7.14. The summed E-state index contributed by atoms with van der Waals surface area (Å²) in [5.41, 5.74) is 1.61. The molecule has 0 spiro atoms. The topological polar surface area (TPSA) is 59.0 Å². The third-order valence-electron chi connectivity index (χ3n) is 3.84. The van der Waals surface area contributed by atoms with Gasteiger partial charge in [-0.1, -0.05) is 6.92 Å². The molecular formula is C14H24N4O. The maximum Gasteiger partial charge on any atom is 0.269 e. The molecule has 2 heterocycles. The van der Waals surface area contributed by atoms with E-state index in [2.05, 4.69) is 22.7 Å². The standard InChI is InChI=1S/C14H24N4O/c1-4-12-7-13(18(3)17-12)14(19)16-9-11-6-5-10(2)15-8-11/h7,10-11,15H,4-6,8-9H2,1-3H3,(H,16,19). The first-order valence-corrected chi connectivity index (χ1v) is 7.14. The van der Waals surface area contributed by atoms with Gasteiger partial charge in [-0.15, -0.1) is 0 Å². The molecule has 1 aliphatic rings. The SMILES string of the molecule is CCc1cc(C(=O)NCC2CCC(C)NC2)n(C)n1. The van der Waals surface area contributed by atoms with Crippen LogP contribution >= 0.6 is 0 Å². The summed E-state index contributed by atoms with van der Waals surface area (Å²) in [5, 5.41) is 10.8. The summed E-state index contributed by atoms with van der Waals surface area (Å²) in [7, 11) is 1.82. The van der Waals surface area contributed by atoms with E-state index < -0.39 is 0 Å². The van der Waals surface area contributed by atoms with Gasteiger partial charge in [0.15, 0.2) is 0 Å². The Hall–Kier alpha value is -1.36. The molecule has 5 heteroatoms. The van der Waals surface area contributed by atoms with Gasteiger partial charge in [0.2, 0.25) is 0 Å². The summed E-state index contributed by atoms with van der Waals surface area (Å²) in [4.78, 5) is 12.1. The van der Waals surface area contributed by atoms with Gasteiger partial charge in [-0.2, -0.15) is 5.10 Å². The Morgan fingerprint density at radius 3 is 2.95 bits per heavy atom. The molecule has 0 radical (unpaired) electrons. The van der Waals surface area contributed by atoms with Gasteiger partial charge < -0.3 is 10.6 Å². The molecule has 0 saturated carbocycles. The molecular weight excluding hydrogens is 240 g/mol. The molecule has 0 aliphatic carbocycles. The van der Waals surface area contributed by atoms with Crippen LogP contribution in [0.15, 0.2) is 6.07 Å². The lowest BCUT2D eigenvalue weighted by Gasteiger charge is -2.27. The summed E-state index contributed by atoms with van der Waals surface area (Å²) >= 11 is 0. The minimum atomic E-state index is -0.0201. The molecule has 2 unspecified atom stereocenters. The van der Waals surface area contributed by atoms with Gasteiger partial charge >= 0.3 is 0 Å². The van der Waals surface area contributed by atoms with Crippen LogP contribution in [-0.4, -0.2) is 34.8 Å². The fourth-order valence-electron chi connectivity index (χ4n) is 2.47. The third-order valence-corrected chi connectivity index (χ3v) is 3.84. The molecule has 2 atom stereocenters. The Morgan fingerprint density at radius 2 is 2.37 bits per heavy atom. The van der Waals surface area contributed by atoms with Crippen molar-refractivity contribution in [3.63, 3.8) is 0 Å². The monoisotopic (exact) mass is 264 g/mol. The number of carbonyl (C=O) groups is 1. The third kappa shape index (κ3) is 3.56. The number of hydrogen-bond acceptors (Lipinski definition) is 3. The lowest BCUT2D eigenvalue weighted by molar-refractivity contribution is 0.0934. The van der Waals surface area contributed by atoms with Crippen molar-refractivity contribution in [3.8, 4) is 0 Å². The first kappa shape index (κ1) is 14.1. The second-order valence-corrected chi connectivity index (χ2v) is 5.46. The van der Waals surface area contributed by atoms with E-state index in [0.29, 0.717) is 17.7 Å². The molecule has 1 aliphatic heterocycles. The van der Waals surface area contributed by atoms with Crippen LogP contribution < -0.4 is 10.6 Å². The first-order chi connectivity index (χ1) is 9.10. The Balaban J connectivity index is 1.85. The Bertz CT molecular complexity index is 433. The maximum absolute atomic E-state index is 12.1. The van der Waals surface area contributed by atoms with Crippen LogP contribution in [0, 0.1) is 5.92 Å². The minimum Gasteiger partial charge on any atom is -0.350 e. The maximum atomic E-state index is 12.1. The van der Waals surface area contributed by atoms with Crippen LogP contribution in [0.25, 0.3) is 0 Å². The molecule has 19 heavy (non-hydrogen) atoms. The van der Waals surface area contributed by atoms with Crippen molar-refractivity contribution < 1.29 is 4.79 Å². The summed E-state index contributed by atoms with van der Waals surface area (Å²) in [6.07, 6.45) is 3.22. The molecule has 1 aromatic rings. The Morgan fingerprint density at radius 1 is 1.58 bits per heavy atom. The lowest BCUT2D eigenvalue weighted by atomic mass is 9.95. The van der Waals surface area contributed by atoms with E-state index in [-0.39, 0.29) is 5.91 Å². The highest BCUT2D eigenvalue weighted by molar-refractivity contribution is 5.92. The van der Waals surface area contributed by atoms with Gasteiger partial charge in [0.1, 0.15) is 5.69 Å². The van der Waals surface area contributed by atoms with Crippen LogP contribution in [0.2, 0.25) is 0 Å². The fourth-order valence-corrected chi connectivity index (χ4v) is 2.47. The van der Waals surface area contributed by atoms with Crippen molar-refractivity contribution in [2.75, 3.05) is 13.1 Å². The lowest BCUT2D eigenvalue weighted by Crippen LogP contribution is -2.42. The van der Waals surface area contributed by atoms with E-state index in [1.54, 1.807) is 4.68 Å². The van der Waals surface area contributed by atoms with Gasteiger partial charge in [0.05, 0.1) is 5.69 Å². The molecule has 1 aromatic heterocycles. The highest BCUT2D eigenvalue weighted by Gasteiger charge is 2.19. The normalized spacial score (nSPS) is 23.3. The number of nitrogens with zero attached hydrogens (tertiary/aromatic N) is 2. The number of piperidine rings is 1. The number of amides is 1. The zero-order valence-electron chi connectivity index (χ0n) is 12.1. The number of aryl methyl sites for hydroxylation is 2. The molecule has 5 nitrogen and oxygen atoms in total. The smallest absolute Gasteiger partial charge is 0.269 e. The van der Waals surface area contributed by atoms with E-state index >= 15 is 0 Å². The quantitative estimate of drug-likeness (QED) is 0.856. The number of nitrogens with one attached hydrogen (secondary N) is 2. The van der Waals surface area contributed by atoms with E-state index in [1.807, 2.05) is 20.0 Å². The molecule has 1 fully saturated rings. The number of rotatable bonds is 4. The van der Waals surface area contributed by atoms with Crippen molar-refractivity contribution in [3.05, 3.63) is 17.5 Å². The zero-order chi connectivity index (χ0) is 13.8. The van der Waals surface area contributed by atoms with E-state index in [4.69, 9.17) is 0 Å². The van der Waals surface area contributed by atoms with Crippen molar-refractivity contribution in [2.24, 2.45) is 13.0 Å². The van der Waals surface area contributed by atoms with Crippen LogP contribution in [0.3, 0.4) is 0 Å². The van der Waals surface area contributed by atoms with Gasteiger partial charge in [-0.25, -0.2) is 0 Å². The summed E-state index contributed by atoms with van der Waals surface area (Å²) in [6, 6.07) is 2.48. The fraction of sp³-hybridized carbons (Fsp3) is 0.714. The van der Waals surface area contributed by atoms with Crippen LogP contribution in [0.5, 0.6) is 0 Å². The van der Waals surface area contributed by atoms with Crippen LogP contribution in [0.1, 0.15) is 42.9 Å². The molecule has 2 N–H and O–H groups in total. The van der Waals surface area contributed by atoms with Gasteiger partial charge in [0, 0.05) is 19.6 Å². The summed E-state index contributed by atoms with van der Waals surface area (Å²) < 4.78 is 1.66. The molecule has 0 bridgehead atoms. The van der Waals surface area contributed by atoms with Gasteiger partial charge in [-0.3, -0.25) is 9.48 Å². The predicted molar refractivity (Wildman–Crippen MR) is 75.1 cm³/mol. The van der Waals surface area contributed by atoms with E-state index in [0.717, 1.165) is 25.2 Å².